The maximum Gasteiger partial charge on any atom is 0.174 e. The van der Waals surface area contributed by atoms with E-state index < -0.39 is 0 Å². The van der Waals surface area contributed by atoms with Crippen molar-refractivity contribution in [1.82, 2.24) is 10.2 Å². The first-order chi connectivity index (χ1) is 9.63. The first-order valence-corrected chi connectivity index (χ1v) is 7.23. The van der Waals surface area contributed by atoms with E-state index in [1.54, 1.807) is 0 Å². The number of hydrogen-bond acceptors (Lipinski definition) is 5. The van der Waals surface area contributed by atoms with Gasteiger partial charge in [0, 0.05) is 13.1 Å². The van der Waals surface area contributed by atoms with E-state index in [1.807, 2.05) is 14.0 Å². The number of aromatic nitrogens is 2. The average molecular weight is 277 g/mol. The Bertz CT molecular complexity index is 511. The van der Waals surface area contributed by atoms with Crippen LogP contribution in [0.15, 0.2) is 5.16 Å². The summed E-state index contributed by atoms with van der Waals surface area (Å²) in [4.78, 5) is 2.11. The Labute approximate surface area is 119 Å². The zero-order valence-corrected chi connectivity index (χ0v) is 12.4. The first kappa shape index (κ1) is 14.6. The second kappa shape index (κ2) is 6.07. The van der Waals surface area contributed by atoms with E-state index in [2.05, 4.69) is 27.2 Å². The van der Waals surface area contributed by atoms with Gasteiger partial charge in [0.2, 0.25) is 0 Å². The smallest absolute Gasteiger partial charge is 0.174 e. The summed E-state index contributed by atoms with van der Waals surface area (Å²) in [6, 6.07) is 0.478. The predicted octanol–water partition coefficient (Wildman–Crippen LogP) is 1.68. The van der Waals surface area contributed by atoms with Crippen molar-refractivity contribution in [1.29, 1.82) is 0 Å². The van der Waals surface area contributed by atoms with Gasteiger partial charge in [-0.25, -0.2) is 0 Å². The van der Waals surface area contributed by atoms with Crippen molar-refractivity contribution < 1.29 is 5.21 Å². The van der Waals surface area contributed by atoms with E-state index in [0.717, 1.165) is 48.3 Å². The Hall–Kier alpha value is -1.85. The lowest BCUT2D eigenvalue weighted by molar-refractivity contribution is 0.318. The van der Waals surface area contributed by atoms with Crippen molar-refractivity contribution in [2.45, 2.75) is 52.0 Å². The van der Waals surface area contributed by atoms with Gasteiger partial charge in [-0.1, -0.05) is 19.0 Å². The Morgan fingerprint density at radius 3 is 2.50 bits per heavy atom. The van der Waals surface area contributed by atoms with Crippen molar-refractivity contribution in [2.75, 3.05) is 11.9 Å². The molecule has 0 aromatic carbocycles. The SMILES string of the molecule is CCc1nnc(N(C)C2CCC2)c(C(N)=NO)c1CC. The molecule has 6 nitrogen and oxygen atoms in total. The maximum absolute atomic E-state index is 9.08. The number of aryl methyl sites for hydroxylation is 1. The Morgan fingerprint density at radius 2 is 2.05 bits per heavy atom. The van der Waals surface area contributed by atoms with Gasteiger partial charge in [-0.2, -0.15) is 5.10 Å². The Balaban J connectivity index is 2.55. The minimum Gasteiger partial charge on any atom is -0.409 e. The molecule has 6 heteroatoms. The largest absolute Gasteiger partial charge is 0.409 e. The van der Waals surface area contributed by atoms with Gasteiger partial charge in [-0.05, 0) is 37.7 Å². The van der Waals surface area contributed by atoms with E-state index in [4.69, 9.17) is 10.9 Å². The minimum absolute atomic E-state index is 0.118. The molecule has 1 heterocycles. The van der Waals surface area contributed by atoms with E-state index in [-0.39, 0.29) is 5.84 Å². The van der Waals surface area contributed by atoms with Crippen LogP contribution in [-0.4, -0.2) is 34.3 Å². The maximum atomic E-state index is 9.08. The van der Waals surface area contributed by atoms with Crippen molar-refractivity contribution in [2.24, 2.45) is 10.9 Å². The molecular formula is C14H23N5O. The van der Waals surface area contributed by atoms with Gasteiger partial charge < -0.3 is 15.8 Å². The van der Waals surface area contributed by atoms with Crippen molar-refractivity contribution in [3.8, 4) is 0 Å². The lowest BCUT2D eigenvalue weighted by Crippen LogP contribution is -2.39. The van der Waals surface area contributed by atoms with Gasteiger partial charge in [0.1, 0.15) is 0 Å². The zero-order chi connectivity index (χ0) is 14.7. The minimum atomic E-state index is 0.118. The lowest BCUT2D eigenvalue weighted by Gasteiger charge is -2.36. The number of nitrogens with two attached hydrogens (primary N) is 1. The van der Waals surface area contributed by atoms with Crippen molar-refractivity contribution in [3.63, 3.8) is 0 Å². The Morgan fingerprint density at radius 1 is 1.35 bits per heavy atom. The van der Waals surface area contributed by atoms with Crippen LogP contribution in [0.5, 0.6) is 0 Å². The third-order valence-corrected chi connectivity index (χ3v) is 4.15. The second-order valence-corrected chi connectivity index (χ2v) is 5.21. The fourth-order valence-corrected chi connectivity index (χ4v) is 2.68. The third kappa shape index (κ3) is 2.42. The first-order valence-electron chi connectivity index (χ1n) is 7.23. The number of hydrogen-bond donors (Lipinski definition) is 2. The van der Waals surface area contributed by atoms with Crippen molar-refractivity contribution in [3.05, 3.63) is 16.8 Å². The monoisotopic (exact) mass is 277 g/mol. The summed E-state index contributed by atoms with van der Waals surface area (Å²) >= 11 is 0. The van der Waals surface area contributed by atoms with Crippen LogP contribution in [0.1, 0.15) is 49.9 Å². The van der Waals surface area contributed by atoms with Crippen LogP contribution in [0.25, 0.3) is 0 Å². The quantitative estimate of drug-likeness (QED) is 0.370. The molecule has 3 N–H and O–H groups in total. The van der Waals surface area contributed by atoms with Crippen LogP contribution in [-0.2, 0) is 12.8 Å². The van der Waals surface area contributed by atoms with Crippen LogP contribution in [0.3, 0.4) is 0 Å². The van der Waals surface area contributed by atoms with Gasteiger partial charge in [-0.3, -0.25) is 0 Å². The molecule has 1 fully saturated rings. The van der Waals surface area contributed by atoms with E-state index in [9.17, 15) is 0 Å². The summed E-state index contributed by atoms with van der Waals surface area (Å²) < 4.78 is 0. The highest BCUT2D eigenvalue weighted by Crippen LogP contribution is 2.30. The standard InChI is InChI=1S/C14H23N5O/c1-4-10-11(5-2)16-17-14(12(10)13(15)18-20)19(3)9-7-6-8-9/h9,20H,4-8H2,1-3H3,(H2,15,18). The molecule has 0 amide bonds. The fraction of sp³-hybridized carbons (Fsp3) is 0.643. The molecule has 0 bridgehead atoms. The summed E-state index contributed by atoms with van der Waals surface area (Å²) in [7, 11) is 2.01. The molecule has 0 aliphatic heterocycles. The normalized spacial score (nSPS) is 16.1. The topological polar surface area (TPSA) is 87.6 Å². The predicted molar refractivity (Wildman–Crippen MR) is 79.3 cm³/mol. The zero-order valence-electron chi connectivity index (χ0n) is 12.4. The summed E-state index contributed by atoms with van der Waals surface area (Å²) in [6.07, 6.45) is 5.13. The number of amidine groups is 1. The highest BCUT2D eigenvalue weighted by molar-refractivity contribution is 6.03. The second-order valence-electron chi connectivity index (χ2n) is 5.21. The van der Waals surface area contributed by atoms with E-state index in [0.29, 0.717) is 6.04 Å². The van der Waals surface area contributed by atoms with E-state index >= 15 is 0 Å². The number of oxime groups is 1. The summed E-state index contributed by atoms with van der Waals surface area (Å²) in [5.74, 6) is 0.840. The van der Waals surface area contributed by atoms with Crippen LogP contribution in [0.2, 0.25) is 0 Å². The molecule has 0 spiro atoms. The molecule has 1 aliphatic carbocycles. The average Bonchev–Trinajstić information content (AvgIpc) is 2.42. The highest BCUT2D eigenvalue weighted by Gasteiger charge is 2.28. The molecular weight excluding hydrogens is 254 g/mol. The van der Waals surface area contributed by atoms with Gasteiger partial charge in [0.25, 0.3) is 0 Å². The fourth-order valence-electron chi connectivity index (χ4n) is 2.68. The molecule has 1 aromatic heterocycles. The summed E-state index contributed by atoms with van der Waals surface area (Å²) in [5, 5.41) is 20.9. The van der Waals surface area contributed by atoms with Gasteiger partial charge in [0.15, 0.2) is 11.7 Å². The Kier molecular flexibility index (Phi) is 4.42. The van der Waals surface area contributed by atoms with Crippen LogP contribution < -0.4 is 10.6 Å². The van der Waals surface area contributed by atoms with Gasteiger partial charge >= 0.3 is 0 Å². The molecule has 0 saturated heterocycles. The van der Waals surface area contributed by atoms with Crippen LogP contribution in [0, 0.1) is 0 Å². The van der Waals surface area contributed by atoms with Gasteiger partial charge in [0.05, 0.1) is 11.3 Å². The molecule has 1 aromatic rings. The molecule has 2 rings (SSSR count). The van der Waals surface area contributed by atoms with Crippen LogP contribution in [0.4, 0.5) is 5.82 Å². The molecule has 0 atom stereocenters. The molecule has 1 saturated carbocycles. The third-order valence-electron chi connectivity index (χ3n) is 4.15. The number of nitrogens with zero attached hydrogens (tertiary/aromatic N) is 4. The van der Waals surface area contributed by atoms with Crippen LogP contribution >= 0.6 is 0 Å². The lowest BCUT2D eigenvalue weighted by atomic mass is 9.91. The molecule has 110 valence electrons. The molecule has 1 aliphatic rings. The molecule has 0 radical (unpaired) electrons. The van der Waals surface area contributed by atoms with Gasteiger partial charge in [-0.15, -0.1) is 5.10 Å². The molecule has 0 unspecified atom stereocenters. The number of rotatable bonds is 5. The molecule has 20 heavy (non-hydrogen) atoms. The van der Waals surface area contributed by atoms with E-state index in [1.165, 1.54) is 6.42 Å². The summed E-state index contributed by atoms with van der Waals surface area (Å²) in [6.45, 7) is 4.09. The van der Waals surface area contributed by atoms with Crippen molar-refractivity contribution >= 4 is 11.7 Å². The number of anilines is 1. The highest BCUT2D eigenvalue weighted by atomic mass is 16.4. The summed E-state index contributed by atoms with van der Waals surface area (Å²) in [5.41, 5.74) is 8.57.